The van der Waals surface area contributed by atoms with Crippen molar-refractivity contribution in [3.8, 4) is 0 Å². The third-order valence-electron chi connectivity index (χ3n) is 4.63. The Labute approximate surface area is 176 Å². The molecule has 1 heterocycles. The zero-order valence-electron chi connectivity index (χ0n) is 15.3. The predicted octanol–water partition coefficient (Wildman–Crippen LogP) is 3.25. The van der Waals surface area contributed by atoms with E-state index >= 15 is 0 Å². The highest BCUT2D eigenvalue weighted by atomic mass is 35.5. The van der Waals surface area contributed by atoms with Crippen molar-refractivity contribution in [3.05, 3.63) is 63.9 Å². The molecule has 0 radical (unpaired) electrons. The van der Waals surface area contributed by atoms with E-state index in [0.717, 1.165) is 6.21 Å². The first-order valence-corrected chi connectivity index (χ1v) is 9.62. The lowest BCUT2D eigenvalue weighted by atomic mass is 10.1. The number of piperazine rings is 1. The number of halogens is 4. The topological polar surface area (TPSA) is 56.9 Å². The Balaban J connectivity index is 1.65. The molecule has 10 heteroatoms. The lowest BCUT2D eigenvalue weighted by molar-refractivity contribution is 0.246. The lowest BCUT2D eigenvalue weighted by Gasteiger charge is -2.36. The standard InChI is InChI=1S/C19H19ClF3N5S/c20-14-2-1-3-15(21)13(14)11-27-6-8-28(9-7-27)16-5-4-12(17(22)18(16)23)10-25-26-19(24)29/h1-5,10H,6-9,11H2,(H3,24,26,29)/b25-10+. The average molecular weight is 442 g/mol. The van der Waals surface area contributed by atoms with Crippen LogP contribution in [-0.2, 0) is 6.54 Å². The number of nitrogens with two attached hydrogens (primary N) is 1. The summed E-state index contributed by atoms with van der Waals surface area (Å²) in [6.45, 7) is 2.43. The summed E-state index contributed by atoms with van der Waals surface area (Å²) in [5.41, 5.74) is 8.10. The van der Waals surface area contributed by atoms with Crippen molar-refractivity contribution in [2.45, 2.75) is 6.54 Å². The van der Waals surface area contributed by atoms with E-state index in [-0.39, 0.29) is 22.2 Å². The van der Waals surface area contributed by atoms with Gasteiger partial charge in [-0.05, 0) is 36.5 Å². The SMILES string of the molecule is NC(=S)N/N=C/c1ccc(N2CCN(Cc3c(F)cccc3Cl)CC2)c(F)c1F. The molecule has 3 rings (SSSR count). The first-order chi connectivity index (χ1) is 13.9. The van der Waals surface area contributed by atoms with Crippen molar-refractivity contribution < 1.29 is 13.2 Å². The number of benzene rings is 2. The molecular formula is C19H19ClF3N5S. The van der Waals surface area contributed by atoms with Gasteiger partial charge in [0.2, 0.25) is 0 Å². The number of hydrogen-bond donors (Lipinski definition) is 2. The molecule has 3 N–H and O–H groups in total. The van der Waals surface area contributed by atoms with Gasteiger partial charge < -0.3 is 10.6 Å². The van der Waals surface area contributed by atoms with Crippen LogP contribution in [0.1, 0.15) is 11.1 Å². The van der Waals surface area contributed by atoms with Crippen molar-refractivity contribution in [2.75, 3.05) is 31.1 Å². The Kier molecular flexibility index (Phi) is 6.94. The Morgan fingerprint density at radius 2 is 1.86 bits per heavy atom. The first kappa shape index (κ1) is 21.4. The molecule has 0 unspecified atom stereocenters. The van der Waals surface area contributed by atoms with Crippen LogP contribution in [-0.4, -0.2) is 42.4 Å². The van der Waals surface area contributed by atoms with Crippen LogP contribution < -0.4 is 16.1 Å². The minimum atomic E-state index is -1.00. The third-order valence-corrected chi connectivity index (χ3v) is 5.07. The molecular weight excluding hydrogens is 423 g/mol. The summed E-state index contributed by atoms with van der Waals surface area (Å²) >= 11 is 10.7. The van der Waals surface area contributed by atoms with Gasteiger partial charge in [-0.2, -0.15) is 5.10 Å². The second-order valence-corrected chi connectivity index (χ2v) is 7.35. The van der Waals surface area contributed by atoms with Gasteiger partial charge in [-0.1, -0.05) is 17.7 Å². The molecule has 1 aliphatic heterocycles. The first-order valence-electron chi connectivity index (χ1n) is 8.83. The minimum Gasteiger partial charge on any atom is -0.375 e. The normalized spacial score (nSPS) is 15.1. The molecule has 1 aliphatic rings. The molecule has 0 saturated carbocycles. The fraction of sp³-hybridized carbons (Fsp3) is 0.263. The maximum atomic E-state index is 14.6. The molecule has 0 atom stereocenters. The Morgan fingerprint density at radius 1 is 1.14 bits per heavy atom. The van der Waals surface area contributed by atoms with Gasteiger partial charge in [0.1, 0.15) is 5.82 Å². The van der Waals surface area contributed by atoms with Crippen molar-refractivity contribution in [1.82, 2.24) is 10.3 Å². The van der Waals surface area contributed by atoms with Gasteiger partial charge in [-0.25, -0.2) is 13.2 Å². The number of nitrogens with one attached hydrogen (secondary N) is 1. The van der Waals surface area contributed by atoms with Gasteiger partial charge in [-0.3, -0.25) is 10.3 Å². The Hall–Kier alpha value is -2.36. The molecule has 0 amide bonds. The molecule has 0 aromatic heterocycles. The monoisotopic (exact) mass is 441 g/mol. The molecule has 0 bridgehead atoms. The van der Waals surface area contributed by atoms with E-state index in [1.807, 2.05) is 4.90 Å². The van der Waals surface area contributed by atoms with Crippen molar-refractivity contribution >= 4 is 40.8 Å². The number of anilines is 1. The van der Waals surface area contributed by atoms with Gasteiger partial charge in [0.05, 0.1) is 11.9 Å². The Morgan fingerprint density at radius 3 is 2.52 bits per heavy atom. The molecule has 0 spiro atoms. The highest BCUT2D eigenvalue weighted by Gasteiger charge is 2.23. The van der Waals surface area contributed by atoms with Crippen molar-refractivity contribution in [1.29, 1.82) is 0 Å². The maximum Gasteiger partial charge on any atom is 0.184 e. The van der Waals surface area contributed by atoms with Crippen LogP contribution in [0.5, 0.6) is 0 Å². The van der Waals surface area contributed by atoms with Crippen LogP contribution in [0.4, 0.5) is 18.9 Å². The molecule has 5 nitrogen and oxygen atoms in total. The van der Waals surface area contributed by atoms with Gasteiger partial charge >= 0.3 is 0 Å². The average Bonchev–Trinajstić information content (AvgIpc) is 2.69. The van der Waals surface area contributed by atoms with Crippen molar-refractivity contribution in [2.24, 2.45) is 10.8 Å². The van der Waals surface area contributed by atoms with Crippen LogP contribution in [0.15, 0.2) is 35.4 Å². The summed E-state index contributed by atoms with van der Waals surface area (Å²) < 4.78 is 42.9. The zero-order valence-corrected chi connectivity index (χ0v) is 16.9. The van der Waals surface area contributed by atoms with Gasteiger partial charge in [-0.15, -0.1) is 0 Å². The number of rotatable bonds is 5. The molecule has 154 valence electrons. The summed E-state index contributed by atoms with van der Waals surface area (Å²) in [4.78, 5) is 3.78. The Bertz CT molecular complexity index is 912. The van der Waals surface area contributed by atoms with Gasteiger partial charge in [0, 0.05) is 48.9 Å². The van der Waals surface area contributed by atoms with Crippen LogP contribution in [0.25, 0.3) is 0 Å². The summed E-state index contributed by atoms with van der Waals surface area (Å²) in [6, 6.07) is 7.52. The summed E-state index contributed by atoms with van der Waals surface area (Å²) in [5.74, 6) is -2.30. The highest BCUT2D eigenvalue weighted by Crippen LogP contribution is 2.26. The third kappa shape index (κ3) is 5.17. The van der Waals surface area contributed by atoms with Crippen LogP contribution in [0, 0.1) is 17.5 Å². The van der Waals surface area contributed by atoms with E-state index in [0.29, 0.717) is 43.3 Å². The molecule has 2 aromatic carbocycles. The largest absolute Gasteiger partial charge is 0.375 e. The van der Waals surface area contributed by atoms with Crippen LogP contribution in [0.2, 0.25) is 5.02 Å². The summed E-state index contributed by atoms with van der Waals surface area (Å²) in [5, 5.41) is 3.94. The van der Waals surface area contributed by atoms with E-state index in [9.17, 15) is 13.2 Å². The second-order valence-electron chi connectivity index (χ2n) is 6.50. The van der Waals surface area contributed by atoms with E-state index < -0.39 is 11.6 Å². The number of nitrogens with zero attached hydrogens (tertiary/aromatic N) is 3. The van der Waals surface area contributed by atoms with E-state index in [4.69, 9.17) is 17.3 Å². The molecule has 1 saturated heterocycles. The summed E-state index contributed by atoms with van der Waals surface area (Å²) in [6.07, 6.45) is 1.11. The molecule has 0 aliphatic carbocycles. The quantitative estimate of drug-likeness (QED) is 0.424. The van der Waals surface area contributed by atoms with E-state index in [2.05, 4.69) is 22.7 Å². The fourth-order valence-corrected chi connectivity index (χ4v) is 3.39. The number of thiocarbonyl (C=S) groups is 1. The van der Waals surface area contributed by atoms with Gasteiger partial charge in [0.15, 0.2) is 16.7 Å². The van der Waals surface area contributed by atoms with Crippen LogP contribution in [0.3, 0.4) is 0 Å². The molecule has 1 fully saturated rings. The molecule has 2 aromatic rings. The van der Waals surface area contributed by atoms with Crippen LogP contribution >= 0.6 is 23.8 Å². The second kappa shape index (κ2) is 9.43. The minimum absolute atomic E-state index is 0.0252. The fourth-order valence-electron chi connectivity index (χ4n) is 3.12. The summed E-state index contributed by atoms with van der Waals surface area (Å²) in [7, 11) is 0. The predicted molar refractivity (Wildman–Crippen MR) is 113 cm³/mol. The molecule has 29 heavy (non-hydrogen) atoms. The van der Waals surface area contributed by atoms with Crippen molar-refractivity contribution in [3.63, 3.8) is 0 Å². The maximum absolute atomic E-state index is 14.6. The zero-order chi connectivity index (χ0) is 21.0. The highest BCUT2D eigenvalue weighted by molar-refractivity contribution is 7.80. The number of hydrazone groups is 1. The smallest absolute Gasteiger partial charge is 0.184 e. The van der Waals surface area contributed by atoms with E-state index in [1.165, 1.54) is 18.2 Å². The van der Waals surface area contributed by atoms with Gasteiger partial charge in [0.25, 0.3) is 0 Å². The van der Waals surface area contributed by atoms with E-state index in [1.54, 1.807) is 17.0 Å². The lowest BCUT2D eigenvalue weighted by Crippen LogP contribution is -2.46. The number of hydrogen-bond acceptors (Lipinski definition) is 4.